The van der Waals surface area contributed by atoms with Crippen LogP contribution in [0.5, 0.6) is 0 Å². The highest BCUT2D eigenvalue weighted by Gasteiger charge is 2.27. The van der Waals surface area contributed by atoms with E-state index in [0.717, 1.165) is 12.1 Å². The summed E-state index contributed by atoms with van der Waals surface area (Å²) in [5, 5.41) is 12.7. The van der Waals surface area contributed by atoms with E-state index in [-0.39, 0.29) is 17.5 Å². The second-order valence-corrected chi connectivity index (χ2v) is 8.68. The van der Waals surface area contributed by atoms with Gasteiger partial charge in [0.15, 0.2) is 0 Å². The summed E-state index contributed by atoms with van der Waals surface area (Å²) in [5.74, 6) is -1.27. The van der Waals surface area contributed by atoms with Crippen molar-refractivity contribution in [3.05, 3.63) is 89.0 Å². The Labute approximate surface area is 194 Å². The monoisotopic (exact) mass is 443 g/mol. The van der Waals surface area contributed by atoms with E-state index in [1.54, 1.807) is 30.3 Å². The second kappa shape index (κ2) is 9.36. The van der Waals surface area contributed by atoms with Gasteiger partial charge in [0.2, 0.25) is 0 Å². The van der Waals surface area contributed by atoms with E-state index >= 15 is 0 Å². The van der Waals surface area contributed by atoms with Gasteiger partial charge < -0.3 is 20.2 Å². The molecule has 2 N–H and O–H groups in total. The fraction of sp³-hybridized carbons (Fsp3) is 0.259. The highest BCUT2D eigenvalue weighted by molar-refractivity contribution is 6.05. The molecular weight excluding hydrogens is 414 g/mol. The molecule has 0 unspecified atom stereocenters. The number of piperazine rings is 1. The van der Waals surface area contributed by atoms with Crippen LogP contribution in [-0.4, -0.2) is 42.7 Å². The minimum absolute atomic E-state index is 0.188. The van der Waals surface area contributed by atoms with Gasteiger partial charge in [-0.1, -0.05) is 29.8 Å². The molecule has 6 nitrogen and oxygen atoms in total. The average molecular weight is 444 g/mol. The predicted octanol–water partition coefficient (Wildman–Crippen LogP) is 4.97. The number of aryl methyl sites for hydroxylation is 2. The summed E-state index contributed by atoms with van der Waals surface area (Å²) in [6, 6.07) is 21.0. The van der Waals surface area contributed by atoms with E-state index in [2.05, 4.69) is 53.2 Å². The molecular formula is C27H29N3O3. The van der Waals surface area contributed by atoms with Crippen molar-refractivity contribution in [2.75, 3.05) is 34.8 Å². The average Bonchev–Trinajstić information content (AvgIpc) is 2.79. The second-order valence-electron chi connectivity index (χ2n) is 8.68. The van der Waals surface area contributed by atoms with Crippen molar-refractivity contribution in [1.29, 1.82) is 0 Å². The molecule has 1 heterocycles. The van der Waals surface area contributed by atoms with Gasteiger partial charge in [-0.3, -0.25) is 4.79 Å². The van der Waals surface area contributed by atoms with Gasteiger partial charge in [-0.15, -0.1) is 0 Å². The third kappa shape index (κ3) is 5.00. The van der Waals surface area contributed by atoms with Crippen LogP contribution in [-0.2, 0) is 0 Å². The SMILES string of the molecule is Cc1ccc(C(=O)Nc2ccc(N3CCN(c4cccc(C)c4)[C@@H](C)C3)c(C(=O)O)c2)cc1. The molecule has 0 aliphatic carbocycles. The van der Waals surface area contributed by atoms with Crippen molar-refractivity contribution in [2.45, 2.75) is 26.8 Å². The molecule has 1 fully saturated rings. The van der Waals surface area contributed by atoms with Gasteiger partial charge in [-0.25, -0.2) is 4.79 Å². The maximum Gasteiger partial charge on any atom is 0.337 e. The Hall–Kier alpha value is -3.80. The normalized spacial score (nSPS) is 15.9. The summed E-state index contributed by atoms with van der Waals surface area (Å²) in [5.41, 5.74) is 5.34. The molecule has 0 saturated carbocycles. The molecule has 0 spiro atoms. The van der Waals surface area contributed by atoms with Gasteiger partial charge in [-0.2, -0.15) is 0 Å². The molecule has 0 aromatic heterocycles. The number of anilines is 3. The van der Waals surface area contributed by atoms with Crippen LogP contribution < -0.4 is 15.1 Å². The Morgan fingerprint density at radius 1 is 0.939 bits per heavy atom. The molecule has 3 aromatic carbocycles. The quantitative estimate of drug-likeness (QED) is 0.583. The van der Waals surface area contributed by atoms with Crippen LogP contribution in [0.1, 0.15) is 38.8 Å². The number of nitrogens with one attached hydrogen (secondary N) is 1. The molecule has 1 atom stereocenters. The topological polar surface area (TPSA) is 72.9 Å². The Bertz CT molecular complexity index is 1170. The van der Waals surface area contributed by atoms with Gasteiger partial charge >= 0.3 is 5.97 Å². The molecule has 3 aromatic rings. The van der Waals surface area contributed by atoms with Gasteiger partial charge in [0, 0.05) is 42.6 Å². The predicted molar refractivity (Wildman–Crippen MR) is 133 cm³/mol. The summed E-state index contributed by atoms with van der Waals surface area (Å²) < 4.78 is 0. The zero-order valence-corrected chi connectivity index (χ0v) is 19.2. The number of carboxylic acid groups (broad SMARTS) is 1. The van der Waals surface area contributed by atoms with Crippen molar-refractivity contribution in [2.24, 2.45) is 0 Å². The number of amides is 1. The van der Waals surface area contributed by atoms with E-state index in [1.165, 1.54) is 11.3 Å². The third-order valence-electron chi connectivity index (χ3n) is 6.10. The fourth-order valence-electron chi connectivity index (χ4n) is 4.34. The highest BCUT2D eigenvalue weighted by atomic mass is 16.4. The Balaban J connectivity index is 1.52. The van der Waals surface area contributed by atoms with E-state index in [1.807, 2.05) is 19.1 Å². The van der Waals surface area contributed by atoms with Crippen molar-refractivity contribution in [3.63, 3.8) is 0 Å². The number of carboxylic acids is 1. The first kappa shape index (κ1) is 22.4. The fourth-order valence-corrected chi connectivity index (χ4v) is 4.34. The highest BCUT2D eigenvalue weighted by Crippen LogP contribution is 2.29. The summed E-state index contributed by atoms with van der Waals surface area (Å²) in [7, 11) is 0. The summed E-state index contributed by atoms with van der Waals surface area (Å²) in [4.78, 5) is 29.1. The number of hydrogen-bond acceptors (Lipinski definition) is 4. The molecule has 1 saturated heterocycles. The van der Waals surface area contributed by atoms with Crippen molar-refractivity contribution in [1.82, 2.24) is 0 Å². The van der Waals surface area contributed by atoms with Crippen LogP contribution in [0.4, 0.5) is 17.1 Å². The lowest BCUT2D eigenvalue weighted by Crippen LogP contribution is -2.52. The number of carbonyl (C=O) groups excluding carboxylic acids is 1. The first-order valence-electron chi connectivity index (χ1n) is 11.2. The first-order chi connectivity index (χ1) is 15.8. The number of rotatable bonds is 5. The van der Waals surface area contributed by atoms with E-state index in [4.69, 9.17) is 0 Å². The summed E-state index contributed by atoms with van der Waals surface area (Å²) >= 11 is 0. The minimum Gasteiger partial charge on any atom is -0.478 e. The molecule has 0 radical (unpaired) electrons. The van der Waals surface area contributed by atoms with Gasteiger partial charge in [0.05, 0.1) is 11.3 Å². The minimum atomic E-state index is -1.01. The number of aromatic carboxylic acids is 1. The van der Waals surface area contributed by atoms with Crippen LogP contribution in [0.25, 0.3) is 0 Å². The lowest BCUT2D eigenvalue weighted by atomic mass is 10.1. The maximum absolute atomic E-state index is 12.6. The zero-order valence-electron chi connectivity index (χ0n) is 19.2. The Kier molecular flexibility index (Phi) is 6.36. The van der Waals surface area contributed by atoms with Crippen molar-refractivity contribution in [3.8, 4) is 0 Å². The van der Waals surface area contributed by atoms with Gasteiger partial charge in [0.1, 0.15) is 0 Å². The standard InChI is InChI=1S/C27H29N3O3/c1-18-7-9-21(10-8-18)26(31)28-22-11-12-25(24(16-22)27(32)33)29-13-14-30(20(3)17-29)23-6-4-5-19(2)15-23/h4-12,15-16,20H,13-14,17H2,1-3H3,(H,28,31)(H,32,33)/t20-/m0/s1. The summed E-state index contributed by atoms with van der Waals surface area (Å²) in [6.07, 6.45) is 0. The van der Waals surface area contributed by atoms with Crippen LogP contribution >= 0.6 is 0 Å². The summed E-state index contributed by atoms with van der Waals surface area (Å²) in [6.45, 7) is 8.43. The maximum atomic E-state index is 12.6. The number of carbonyl (C=O) groups is 2. The van der Waals surface area contributed by atoms with Crippen LogP contribution in [0.3, 0.4) is 0 Å². The lowest BCUT2D eigenvalue weighted by Gasteiger charge is -2.42. The van der Waals surface area contributed by atoms with E-state index < -0.39 is 5.97 Å². The van der Waals surface area contributed by atoms with Crippen molar-refractivity contribution < 1.29 is 14.7 Å². The Morgan fingerprint density at radius 3 is 2.36 bits per heavy atom. The van der Waals surface area contributed by atoms with Crippen LogP contribution in [0.2, 0.25) is 0 Å². The number of benzene rings is 3. The lowest BCUT2D eigenvalue weighted by molar-refractivity contribution is 0.0697. The smallest absolute Gasteiger partial charge is 0.337 e. The van der Waals surface area contributed by atoms with E-state index in [9.17, 15) is 14.7 Å². The van der Waals surface area contributed by atoms with Crippen molar-refractivity contribution >= 4 is 28.9 Å². The first-order valence-corrected chi connectivity index (χ1v) is 11.2. The van der Waals surface area contributed by atoms with Gasteiger partial charge in [0.25, 0.3) is 5.91 Å². The van der Waals surface area contributed by atoms with Gasteiger partial charge in [-0.05, 0) is 68.8 Å². The molecule has 0 bridgehead atoms. The third-order valence-corrected chi connectivity index (χ3v) is 6.10. The molecule has 4 rings (SSSR count). The number of nitrogens with zero attached hydrogens (tertiary/aromatic N) is 2. The molecule has 1 aliphatic rings. The molecule has 170 valence electrons. The molecule has 1 amide bonds. The number of hydrogen-bond donors (Lipinski definition) is 2. The van der Waals surface area contributed by atoms with Crippen LogP contribution in [0.15, 0.2) is 66.7 Å². The van der Waals surface area contributed by atoms with Crippen LogP contribution in [0, 0.1) is 13.8 Å². The largest absolute Gasteiger partial charge is 0.478 e. The zero-order chi connectivity index (χ0) is 23.5. The molecule has 6 heteroatoms. The molecule has 1 aliphatic heterocycles. The molecule has 33 heavy (non-hydrogen) atoms. The Morgan fingerprint density at radius 2 is 1.70 bits per heavy atom. The van der Waals surface area contributed by atoms with E-state index in [0.29, 0.717) is 30.0 Å².